The Balaban J connectivity index is 1.60. The first-order valence-corrected chi connectivity index (χ1v) is 8.48. The molecule has 0 unspecified atom stereocenters. The Morgan fingerprint density at radius 3 is 2.72 bits per heavy atom. The van der Waals surface area contributed by atoms with Crippen molar-refractivity contribution in [2.75, 3.05) is 5.32 Å². The third kappa shape index (κ3) is 4.64. The molecule has 0 bridgehead atoms. The molecule has 2 amide bonds. The van der Waals surface area contributed by atoms with Gasteiger partial charge >= 0.3 is 6.03 Å². The van der Waals surface area contributed by atoms with E-state index in [0.717, 1.165) is 12.2 Å². The summed E-state index contributed by atoms with van der Waals surface area (Å²) in [5.74, 6) is 0. The topological polar surface area (TPSA) is 46.1 Å². The second-order valence-corrected chi connectivity index (χ2v) is 6.31. The van der Waals surface area contributed by atoms with Gasteiger partial charge in [0, 0.05) is 18.4 Å². The lowest BCUT2D eigenvalue weighted by atomic mass is 10.1. The molecule has 4 nitrogen and oxygen atoms in total. The lowest BCUT2D eigenvalue weighted by Gasteiger charge is -2.12. The first kappa shape index (κ1) is 17.1. The van der Waals surface area contributed by atoms with Crippen LogP contribution in [0.1, 0.15) is 16.8 Å². The van der Waals surface area contributed by atoms with Crippen LogP contribution < -0.4 is 10.6 Å². The Hall–Kier alpha value is -2.72. The van der Waals surface area contributed by atoms with Crippen molar-refractivity contribution in [3.63, 3.8) is 0 Å². The lowest BCUT2D eigenvalue weighted by molar-refractivity contribution is 0.251. The summed E-state index contributed by atoms with van der Waals surface area (Å²) in [6.07, 6.45) is 2.02. The van der Waals surface area contributed by atoms with Crippen molar-refractivity contribution in [1.29, 1.82) is 0 Å². The smallest absolute Gasteiger partial charge is 0.319 e. The fourth-order valence-corrected chi connectivity index (χ4v) is 2.85. The van der Waals surface area contributed by atoms with Crippen molar-refractivity contribution in [2.24, 2.45) is 0 Å². The molecule has 0 aliphatic carbocycles. The average molecular weight is 354 g/mol. The van der Waals surface area contributed by atoms with E-state index in [1.165, 1.54) is 11.1 Å². The predicted octanol–water partition coefficient (Wildman–Crippen LogP) is 4.82. The summed E-state index contributed by atoms with van der Waals surface area (Å²) in [6, 6.07) is 19.3. The molecule has 5 heteroatoms. The SMILES string of the molecule is Cc1cccc(Cn2cccc2CNC(=O)Nc2ccccc2Cl)c1. The van der Waals surface area contributed by atoms with E-state index in [9.17, 15) is 4.79 Å². The highest BCUT2D eigenvalue weighted by molar-refractivity contribution is 6.33. The first-order chi connectivity index (χ1) is 12.1. The fraction of sp³-hybridized carbons (Fsp3) is 0.150. The normalized spacial score (nSPS) is 10.5. The third-order valence-electron chi connectivity index (χ3n) is 3.91. The number of hydrogen-bond donors (Lipinski definition) is 2. The van der Waals surface area contributed by atoms with Crippen LogP contribution in [0.5, 0.6) is 0 Å². The summed E-state index contributed by atoms with van der Waals surface area (Å²) in [6.45, 7) is 3.30. The molecule has 2 N–H and O–H groups in total. The van der Waals surface area contributed by atoms with Crippen LogP contribution in [0, 0.1) is 6.92 Å². The van der Waals surface area contributed by atoms with Gasteiger partial charge in [-0.25, -0.2) is 4.79 Å². The first-order valence-electron chi connectivity index (χ1n) is 8.11. The van der Waals surface area contributed by atoms with E-state index in [1.807, 2.05) is 30.5 Å². The summed E-state index contributed by atoms with van der Waals surface area (Å²) in [5.41, 5.74) is 4.11. The number of rotatable bonds is 5. The fourth-order valence-electron chi connectivity index (χ4n) is 2.67. The van der Waals surface area contributed by atoms with E-state index in [1.54, 1.807) is 12.1 Å². The van der Waals surface area contributed by atoms with E-state index in [4.69, 9.17) is 11.6 Å². The number of amides is 2. The van der Waals surface area contributed by atoms with Gasteiger partial charge in [-0.05, 0) is 36.8 Å². The Kier molecular flexibility index (Phi) is 5.41. The van der Waals surface area contributed by atoms with E-state index in [2.05, 4.69) is 46.4 Å². The molecule has 1 heterocycles. The number of carbonyl (C=O) groups excluding carboxylic acids is 1. The number of para-hydroxylation sites is 1. The van der Waals surface area contributed by atoms with Crippen molar-refractivity contribution in [1.82, 2.24) is 9.88 Å². The molecule has 0 aliphatic heterocycles. The molecule has 0 saturated heterocycles. The maximum absolute atomic E-state index is 12.1. The highest BCUT2D eigenvalue weighted by Gasteiger charge is 2.07. The number of nitrogens with zero attached hydrogens (tertiary/aromatic N) is 1. The number of nitrogens with one attached hydrogen (secondary N) is 2. The van der Waals surface area contributed by atoms with Crippen LogP contribution >= 0.6 is 11.6 Å². The van der Waals surface area contributed by atoms with Crippen molar-refractivity contribution in [3.8, 4) is 0 Å². The zero-order valence-corrected chi connectivity index (χ0v) is 14.8. The van der Waals surface area contributed by atoms with Gasteiger partial charge in [0.05, 0.1) is 17.3 Å². The van der Waals surface area contributed by atoms with E-state index >= 15 is 0 Å². The number of aryl methyl sites for hydroxylation is 1. The summed E-state index contributed by atoms with van der Waals surface area (Å²) in [5, 5.41) is 6.14. The number of halogens is 1. The third-order valence-corrected chi connectivity index (χ3v) is 4.24. The van der Waals surface area contributed by atoms with E-state index in [0.29, 0.717) is 17.3 Å². The van der Waals surface area contributed by atoms with Gasteiger partial charge in [-0.15, -0.1) is 0 Å². The molecule has 1 aromatic heterocycles. The molecule has 0 radical (unpaired) electrons. The Labute approximate surface area is 152 Å². The summed E-state index contributed by atoms with van der Waals surface area (Å²) < 4.78 is 2.13. The second kappa shape index (κ2) is 7.90. The van der Waals surface area contributed by atoms with Crippen LogP contribution in [0.15, 0.2) is 66.9 Å². The zero-order chi connectivity index (χ0) is 17.6. The van der Waals surface area contributed by atoms with E-state index < -0.39 is 0 Å². The molecule has 0 saturated carbocycles. The van der Waals surface area contributed by atoms with Crippen molar-refractivity contribution >= 4 is 23.3 Å². The molecule has 0 aliphatic rings. The second-order valence-electron chi connectivity index (χ2n) is 5.90. The average Bonchev–Trinajstić information content (AvgIpc) is 3.02. The van der Waals surface area contributed by atoms with Crippen LogP contribution in [0.4, 0.5) is 10.5 Å². The molecule has 0 fully saturated rings. The molecule has 0 spiro atoms. The highest BCUT2D eigenvalue weighted by atomic mass is 35.5. The summed E-state index contributed by atoms with van der Waals surface area (Å²) in [7, 11) is 0. The van der Waals surface area contributed by atoms with Crippen molar-refractivity contribution < 1.29 is 4.79 Å². The number of carbonyl (C=O) groups is 1. The van der Waals surface area contributed by atoms with E-state index in [-0.39, 0.29) is 6.03 Å². The molecule has 128 valence electrons. The largest absolute Gasteiger partial charge is 0.345 e. The maximum Gasteiger partial charge on any atom is 0.319 e. The number of aromatic nitrogens is 1. The molecule has 3 aromatic rings. The van der Waals surface area contributed by atoms with Gasteiger partial charge < -0.3 is 15.2 Å². The van der Waals surface area contributed by atoms with Gasteiger partial charge in [-0.2, -0.15) is 0 Å². The number of urea groups is 1. The Morgan fingerprint density at radius 2 is 1.92 bits per heavy atom. The molecule has 3 rings (SSSR count). The molecular formula is C20H20ClN3O. The molecule has 25 heavy (non-hydrogen) atoms. The van der Waals surface area contributed by atoms with Gasteiger partial charge in [0.2, 0.25) is 0 Å². The summed E-state index contributed by atoms with van der Waals surface area (Å²) >= 11 is 6.05. The molecule has 2 aromatic carbocycles. The predicted molar refractivity (Wildman–Crippen MR) is 102 cm³/mol. The number of anilines is 1. The quantitative estimate of drug-likeness (QED) is 0.678. The van der Waals surface area contributed by atoms with Gasteiger partial charge in [0.15, 0.2) is 0 Å². The standard InChI is InChI=1S/C20H20ClN3O/c1-15-6-4-7-16(12-15)14-24-11-5-8-17(24)13-22-20(25)23-19-10-3-2-9-18(19)21/h2-12H,13-14H2,1H3,(H2,22,23,25). The van der Waals surface area contributed by atoms with Crippen molar-refractivity contribution in [2.45, 2.75) is 20.0 Å². The van der Waals surface area contributed by atoms with Gasteiger partial charge in [-0.3, -0.25) is 0 Å². The van der Waals surface area contributed by atoms with Crippen LogP contribution in [0.25, 0.3) is 0 Å². The van der Waals surface area contributed by atoms with Gasteiger partial charge in [-0.1, -0.05) is 53.6 Å². The minimum Gasteiger partial charge on any atom is -0.345 e. The molecule has 0 atom stereocenters. The van der Waals surface area contributed by atoms with Crippen LogP contribution in [0.3, 0.4) is 0 Å². The number of hydrogen-bond acceptors (Lipinski definition) is 1. The Bertz CT molecular complexity index is 873. The van der Waals surface area contributed by atoms with Crippen molar-refractivity contribution in [3.05, 3.63) is 88.7 Å². The van der Waals surface area contributed by atoms with Crippen LogP contribution in [-0.4, -0.2) is 10.6 Å². The molecular weight excluding hydrogens is 334 g/mol. The van der Waals surface area contributed by atoms with Crippen LogP contribution in [-0.2, 0) is 13.1 Å². The summed E-state index contributed by atoms with van der Waals surface area (Å²) in [4.78, 5) is 12.1. The minimum atomic E-state index is -0.281. The number of benzene rings is 2. The highest BCUT2D eigenvalue weighted by Crippen LogP contribution is 2.20. The lowest BCUT2D eigenvalue weighted by Crippen LogP contribution is -2.29. The maximum atomic E-state index is 12.1. The zero-order valence-electron chi connectivity index (χ0n) is 14.0. The van der Waals surface area contributed by atoms with Gasteiger partial charge in [0.25, 0.3) is 0 Å². The Morgan fingerprint density at radius 1 is 1.08 bits per heavy atom. The monoisotopic (exact) mass is 353 g/mol. The minimum absolute atomic E-state index is 0.281. The van der Waals surface area contributed by atoms with Crippen LogP contribution in [0.2, 0.25) is 5.02 Å². The van der Waals surface area contributed by atoms with Gasteiger partial charge in [0.1, 0.15) is 0 Å².